The molecule has 0 saturated heterocycles. The van der Waals surface area contributed by atoms with Gasteiger partial charge in [-0.05, 0) is 62.9 Å². The monoisotopic (exact) mass is 564 g/mol. The fraction of sp³-hybridized carbons (Fsp3) is 0.407. The van der Waals surface area contributed by atoms with E-state index in [4.69, 9.17) is 32.9 Å². The minimum absolute atomic E-state index is 0.319. The second-order valence-corrected chi connectivity index (χ2v) is 12.0. The summed E-state index contributed by atoms with van der Waals surface area (Å²) in [6.07, 6.45) is -0.508. The van der Waals surface area contributed by atoms with Crippen LogP contribution in [0.5, 0.6) is 0 Å². The Morgan fingerprint density at radius 1 is 1.11 bits per heavy atom. The molecule has 1 amide bonds. The molecule has 1 heterocycles. The van der Waals surface area contributed by atoms with E-state index in [1.54, 1.807) is 38.2 Å². The Hall–Kier alpha value is -2.36. The fourth-order valence-corrected chi connectivity index (χ4v) is 5.01. The van der Waals surface area contributed by atoms with E-state index < -0.39 is 17.9 Å². The van der Waals surface area contributed by atoms with Gasteiger partial charge in [0, 0.05) is 29.2 Å². The van der Waals surface area contributed by atoms with E-state index in [-0.39, 0.29) is 0 Å². The number of aromatic nitrogens is 1. The molecule has 37 heavy (non-hydrogen) atoms. The van der Waals surface area contributed by atoms with Crippen molar-refractivity contribution in [2.45, 2.75) is 52.9 Å². The first kappa shape index (κ1) is 29.2. The minimum Gasteiger partial charge on any atom is -0.444 e. The minimum atomic E-state index is -0.901. The number of hydrogen-bond donors (Lipinski definition) is 4. The smallest absolute Gasteiger partial charge is 0.407 e. The second-order valence-electron chi connectivity index (χ2n) is 10.1. The summed E-state index contributed by atoms with van der Waals surface area (Å²) in [7, 11) is 0. The van der Waals surface area contributed by atoms with Crippen molar-refractivity contribution in [3.05, 3.63) is 63.0 Å². The van der Waals surface area contributed by atoms with Crippen molar-refractivity contribution in [2.24, 2.45) is 5.92 Å². The van der Waals surface area contributed by atoms with Crippen LogP contribution in [0.2, 0.25) is 10.0 Å². The molecule has 1 unspecified atom stereocenters. The highest BCUT2D eigenvalue weighted by Crippen LogP contribution is 2.36. The molecule has 7 nitrogen and oxygen atoms in total. The number of carbonyl (C=O) groups excluding carboxylic acids is 1. The molecule has 1 aromatic heterocycles. The maximum Gasteiger partial charge on any atom is 0.407 e. The van der Waals surface area contributed by atoms with Gasteiger partial charge < -0.3 is 20.5 Å². The highest BCUT2D eigenvalue weighted by Gasteiger charge is 2.17. The van der Waals surface area contributed by atoms with E-state index in [0.717, 1.165) is 33.4 Å². The highest BCUT2D eigenvalue weighted by molar-refractivity contribution is 7.16. The molecular weight excluding hydrogens is 531 g/mol. The third kappa shape index (κ3) is 9.16. The van der Waals surface area contributed by atoms with Crippen molar-refractivity contribution in [1.29, 1.82) is 0 Å². The quantitative estimate of drug-likeness (QED) is 0.154. The summed E-state index contributed by atoms with van der Waals surface area (Å²) in [5.74, 6) is 0.462. The standard InChI is InChI=1S/C27H34Cl2N4O3S/c1-16(2)13-22-23(17-9-10-20(28)21(29)15-17)33-25(37-22)32-19-8-6-7-18(14-19)24(34)30-11-12-31-26(35)36-27(3,4)5/h6-10,14-16,24,30,34H,11-13H2,1-5H3,(H,31,35)(H,32,33). The van der Waals surface area contributed by atoms with Gasteiger partial charge >= 0.3 is 6.09 Å². The number of halogens is 2. The first-order valence-electron chi connectivity index (χ1n) is 12.1. The van der Waals surface area contributed by atoms with E-state index in [9.17, 15) is 9.90 Å². The van der Waals surface area contributed by atoms with Gasteiger partial charge in [0.1, 0.15) is 11.8 Å². The number of nitrogens with one attached hydrogen (secondary N) is 3. The predicted molar refractivity (Wildman–Crippen MR) is 153 cm³/mol. The third-order valence-electron chi connectivity index (χ3n) is 5.07. The molecule has 0 bridgehead atoms. The average molecular weight is 566 g/mol. The highest BCUT2D eigenvalue weighted by atomic mass is 35.5. The van der Waals surface area contributed by atoms with E-state index in [2.05, 4.69) is 29.8 Å². The molecule has 0 aliphatic carbocycles. The van der Waals surface area contributed by atoms with Gasteiger partial charge in [-0.25, -0.2) is 9.78 Å². The Morgan fingerprint density at radius 3 is 2.54 bits per heavy atom. The first-order valence-corrected chi connectivity index (χ1v) is 13.7. The molecule has 3 rings (SSSR count). The lowest BCUT2D eigenvalue weighted by Gasteiger charge is -2.20. The van der Waals surface area contributed by atoms with Crippen LogP contribution >= 0.6 is 34.5 Å². The number of rotatable bonds is 10. The van der Waals surface area contributed by atoms with Crippen LogP contribution in [0.25, 0.3) is 11.3 Å². The van der Waals surface area contributed by atoms with Gasteiger partial charge in [0.05, 0.1) is 15.7 Å². The van der Waals surface area contributed by atoms with Crippen molar-refractivity contribution >= 4 is 51.5 Å². The third-order valence-corrected chi connectivity index (χ3v) is 6.80. The Bertz CT molecular complexity index is 1210. The molecule has 200 valence electrons. The van der Waals surface area contributed by atoms with Crippen molar-refractivity contribution < 1.29 is 14.6 Å². The largest absolute Gasteiger partial charge is 0.444 e. The molecule has 10 heteroatoms. The number of benzene rings is 2. The summed E-state index contributed by atoms with van der Waals surface area (Å²) < 4.78 is 5.21. The summed E-state index contributed by atoms with van der Waals surface area (Å²) in [6, 6.07) is 13.0. The summed E-state index contributed by atoms with van der Waals surface area (Å²) in [6.45, 7) is 10.5. The first-order chi connectivity index (χ1) is 17.4. The SMILES string of the molecule is CC(C)Cc1sc(Nc2cccc(C(O)NCCNC(=O)OC(C)(C)C)c2)nc1-c1ccc(Cl)c(Cl)c1. The second kappa shape index (κ2) is 12.9. The predicted octanol–water partition coefficient (Wildman–Crippen LogP) is 7.16. The van der Waals surface area contributed by atoms with E-state index in [0.29, 0.717) is 34.6 Å². The number of aliphatic hydroxyl groups is 1. The lowest BCUT2D eigenvalue weighted by Crippen LogP contribution is -2.37. The van der Waals surface area contributed by atoms with Crippen LogP contribution in [0, 0.1) is 5.92 Å². The zero-order chi connectivity index (χ0) is 27.2. The van der Waals surface area contributed by atoms with Crippen LogP contribution in [0.4, 0.5) is 15.6 Å². The number of nitrogens with zero attached hydrogens (tertiary/aromatic N) is 1. The summed E-state index contributed by atoms with van der Waals surface area (Å²) in [5.41, 5.74) is 2.74. The van der Waals surface area contributed by atoms with Gasteiger partial charge in [-0.2, -0.15) is 0 Å². The normalized spacial score (nSPS) is 12.5. The molecular formula is C27H34Cl2N4O3S. The van der Waals surface area contributed by atoms with Crippen LogP contribution in [-0.4, -0.2) is 34.9 Å². The van der Waals surface area contributed by atoms with E-state index in [1.165, 1.54) is 0 Å². The van der Waals surface area contributed by atoms with Crippen LogP contribution in [0.1, 0.15) is 51.3 Å². The Kier molecular flexibility index (Phi) is 10.2. The van der Waals surface area contributed by atoms with Gasteiger partial charge in [0.15, 0.2) is 5.13 Å². The Morgan fingerprint density at radius 2 is 1.86 bits per heavy atom. The van der Waals surface area contributed by atoms with Crippen LogP contribution in [-0.2, 0) is 11.2 Å². The zero-order valence-electron chi connectivity index (χ0n) is 21.7. The van der Waals surface area contributed by atoms with Gasteiger partial charge in [-0.3, -0.25) is 5.32 Å². The number of hydrogen-bond acceptors (Lipinski definition) is 7. The van der Waals surface area contributed by atoms with Crippen LogP contribution in [0.15, 0.2) is 42.5 Å². The molecule has 0 aliphatic rings. The van der Waals surface area contributed by atoms with Crippen molar-refractivity contribution in [3.63, 3.8) is 0 Å². The number of alkyl carbamates (subject to hydrolysis) is 1. The van der Waals surface area contributed by atoms with E-state index in [1.807, 2.05) is 36.4 Å². The fourth-order valence-electron chi connectivity index (χ4n) is 3.50. The van der Waals surface area contributed by atoms with E-state index >= 15 is 0 Å². The lowest BCUT2D eigenvalue weighted by molar-refractivity contribution is 0.0523. The zero-order valence-corrected chi connectivity index (χ0v) is 24.0. The average Bonchev–Trinajstić information content (AvgIpc) is 3.18. The van der Waals surface area contributed by atoms with Crippen LogP contribution < -0.4 is 16.0 Å². The Balaban J connectivity index is 1.66. The lowest BCUT2D eigenvalue weighted by atomic mass is 10.0. The number of anilines is 2. The molecule has 2 aromatic carbocycles. The summed E-state index contributed by atoms with van der Waals surface area (Å²) in [4.78, 5) is 17.8. The van der Waals surface area contributed by atoms with Crippen molar-refractivity contribution in [3.8, 4) is 11.3 Å². The topological polar surface area (TPSA) is 95.5 Å². The molecule has 0 spiro atoms. The van der Waals surface area contributed by atoms with Gasteiger partial charge in [0.25, 0.3) is 0 Å². The number of amides is 1. The number of aliphatic hydroxyl groups excluding tert-OH is 1. The maximum absolute atomic E-state index is 11.7. The van der Waals surface area contributed by atoms with Gasteiger partial charge in [-0.1, -0.05) is 55.2 Å². The molecule has 0 fully saturated rings. The number of thiazole rings is 1. The summed E-state index contributed by atoms with van der Waals surface area (Å²) in [5, 5.41) is 21.4. The molecule has 0 saturated carbocycles. The molecule has 0 aliphatic heterocycles. The summed E-state index contributed by atoms with van der Waals surface area (Å²) >= 11 is 14.0. The number of carbonyl (C=O) groups is 1. The molecule has 1 atom stereocenters. The van der Waals surface area contributed by atoms with Gasteiger partial charge in [0.2, 0.25) is 0 Å². The van der Waals surface area contributed by atoms with Crippen molar-refractivity contribution in [1.82, 2.24) is 15.6 Å². The van der Waals surface area contributed by atoms with Crippen LogP contribution in [0.3, 0.4) is 0 Å². The maximum atomic E-state index is 11.7. The molecule has 3 aromatic rings. The molecule has 4 N–H and O–H groups in total. The molecule has 0 radical (unpaired) electrons. The van der Waals surface area contributed by atoms with Gasteiger partial charge in [-0.15, -0.1) is 11.3 Å². The Labute approximate surface area is 232 Å². The number of ether oxygens (including phenoxy) is 1. The van der Waals surface area contributed by atoms with Crippen molar-refractivity contribution in [2.75, 3.05) is 18.4 Å².